The molecule has 28 heavy (non-hydrogen) atoms. The number of ether oxygens (including phenoxy) is 2. The number of benzene rings is 1. The van der Waals surface area contributed by atoms with Crippen molar-refractivity contribution in [1.29, 1.82) is 0 Å². The molecule has 1 aromatic heterocycles. The van der Waals surface area contributed by atoms with Gasteiger partial charge in [0.05, 0.1) is 26.1 Å². The normalized spacial score (nSPS) is 13.0. The summed E-state index contributed by atoms with van der Waals surface area (Å²) >= 11 is 0. The molecule has 0 atom stereocenters. The molecular formula is C22H29N3O3. The summed E-state index contributed by atoms with van der Waals surface area (Å²) in [6.45, 7) is 4.33. The number of nitrogens with zero attached hydrogens (tertiary/aromatic N) is 2. The molecule has 2 heterocycles. The highest BCUT2D eigenvalue weighted by atomic mass is 16.5. The van der Waals surface area contributed by atoms with Gasteiger partial charge in [0, 0.05) is 19.6 Å². The van der Waals surface area contributed by atoms with E-state index in [1.54, 1.807) is 26.5 Å². The Hall–Kier alpha value is -2.76. The Balaban J connectivity index is 1.65. The van der Waals surface area contributed by atoms with Crippen LogP contribution in [0.4, 0.5) is 5.69 Å². The van der Waals surface area contributed by atoms with Gasteiger partial charge in [-0.2, -0.15) is 0 Å². The van der Waals surface area contributed by atoms with Gasteiger partial charge in [-0.15, -0.1) is 0 Å². The number of rotatable bonds is 8. The number of hydrogen-bond acceptors (Lipinski definition) is 5. The van der Waals surface area contributed by atoms with Crippen LogP contribution in [-0.4, -0.2) is 43.1 Å². The monoisotopic (exact) mass is 383 g/mol. The van der Waals surface area contributed by atoms with Gasteiger partial charge in [0.2, 0.25) is 0 Å². The van der Waals surface area contributed by atoms with Crippen LogP contribution in [0.3, 0.4) is 0 Å². The van der Waals surface area contributed by atoms with Crippen LogP contribution in [0, 0.1) is 0 Å². The van der Waals surface area contributed by atoms with E-state index >= 15 is 0 Å². The molecule has 0 saturated carbocycles. The second-order valence-electron chi connectivity index (χ2n) is 7.02. The van der Waals surface area contributed by atoms with E-state index in [0.717, 1.165) is 36.4 Å². The molecule has 1 aliphatic heterocycles. The molecule has 6 nitrogen and oxygen atoms in total. The molecule has 6 heteroatoms. The van der Waals surface area contributed by atoms with Crippen LogP contribution >= 0.6 is 0 Å². The molecule has 0 fully saturated rings. The first-order valence-corrected chi connectivity index (χ1v) is 9.89. The molecule has 0 unspecified atom stereocenters. The highest BCUT2D eigenvalue weighted by molar-refractivity contribution is 5.92. The number of methoxy groups -OCH3 is 2. The SMILES string of the molecule is CCCCCNc1ccc(C(=O)N2CCc3cc(OC)c(OC)cc3C2)nc1. The van der Waals surface area contributed by atoms with E-state index in [1.165, 1.54) is 18.4 Å². The first kappa shape index (κ1) is 20.0. The fourth-order valence-electron chi connectivity index (χ4n) is 3.45. The van der Waals surface area contributed by atoms with Gasteiger partial charge in [0.25, 0.3) is 5.91 Å². The molecule has 2 aromatic rings. The molecule has 0 aliphatic carbocycles. The van der Waals surface area contributed by atoms with Crippen molar-refractivity contribution < 1.29 is 14.3 Å². The molecule has 150 valence electrons. The van der Waals surface area contributed by atoms with Gasteiger partial charge in [-0.1, -0.05) is 19.8 Å². The Morgan fingerprint density at radius 1 is 1.14 bits per heavy atom. The van der Waals surface area contributed by atoms with E-state index in [-0.39, 0.29) is 5.91 Å². The maximum atomic E-state index is 12.9. The summed E-state index contributed by atoms with van der Waals surface area (Å²) < 4.78 is 10.8. The first-order valence-electron chi connectivity index (χ1n) is 9.89. The van der Waals surface area contributed by atoms with E-state index in [1.807, 2.05) is 23.1 Å². The van der Waals surface area contributed by atoms with Crippen LogP contribution in [0.5, 0.6) is 11.5 Å². The predicted octanol–water partition coefficient (Wildman–Crippen LogP) is 3.90. The van der Waals surface area contributed by atoms with Gasteiger partial charge in [-0.05, 0) is 48.2 Å². The van der Waals surface area contributed by atoms with Crippen LogP contribution < -0.4 is 14.8 Å². The zero-order valence-electron chi connectivity index (χ0n) is 17.0. The second-order valence-corrected chi connectivity index (χ2v) is 7.02. The van der Waals surface area contributed by atoms with Gasteiger partial charge in [-0.25, -0.2) is 4.98 Å². The first-order chi connectivity index (χ1) is 13.7. The summed E-state index contributed by atoms with van der Waals surface area (Å²) in [6.07, 6.45) is 6.08. The maximum Gasteiger partial charge on any atom is 0.272 e. The zero-order valence-corrected chi connectivity index (χ0v) is 17.0. The summed E-state index contributed by atoms with van der Waals surface area (Å²) in [4.78, 5) is 19.1. The lowest BCUT2D eigenvalue weighted by Crippen LogP contribution is -2.36. The van der Waals surface area contributed by atoms with Gasteiger partial charge in [-0.3, -0.25) is 4.79 Å². The Labute approximate surface area is 166 Å². The van der Waals surface area contributed by atoms with Crippen LogP contribution in [0.1, 0.15) is 47.8 Å². The number of carbonyl (C=O) groups is 1. The Kier molecular flexibility index (Phi) is 6.74. The average Bonchev–Trinajstić information content (AvgIpc) is 2.75. The molecule has 0 saturated heterocycles. The molecular weight excluding hydrogens is 354 g/mol. The van der Waals surface area contributed by atoms with Crippen molar-refractivity contribution in [2.75, 3.05) is 32.6 Å². The molecule has 1 aromatic carbocycles. The minimum atomic E-state index is -0.0435. The van der Waals surface area contributed by atoms with Gasteiger partial charge in [0.15, 0.2) is 11.5 Å². The largest absolute Gasteiger partial charge is 0.493 e. The molecule has 3 rings (SSSR count). The van der Waals surface area contributed by atoms with Crippen LogP contribution in [-0.2, 0) is 13.0 Å². The van der Waals surface area contributed by atoms with E-state index < -0.39 is 0 Å². The number of hydrogen-bond donors (Lipinski definition) is 1. The predicted molar refractivity (Wildman–Crippen MR) is 110 cm³/mol. The fraction of sp³-hybridized carbons (Fsp3) is 0.455. The number of aromatic nitrogens is 1. The fourth-order valence-corrected chi connectivity index (χ4v) is 3.45. The topological polar surface area (TPSA) is 63.7 Å². The number of pyridine rings is 1. The maximum absolute atomic E-state index is 12.9. The molecule has 0 bridgehead atoms. The van der Waals surface area contributed by atoms with Crippen molar-refractivity contribution >= 4 is 11.6 Å². The summed E-state index contributed by atoms with van der Waals surface area (Å²) in [5.41, 5.74) is 3.71. The Morgan fingerprint density at radius 2 is 1.89 bits per heavy atom. The van der Waals surface area contributed by atoms with Crippen LogP contribution in [0.2, 0.25) is 0 Å². The standard InChI is InChI=1S/C22H29N3O3/c1-4-5-6-10-23-18-7-8-19(24-14-18)22(26)25-11-9-16-12-20(27-2)21(28-3)13-17(16)15-25/h7-8,12-14,23H,4-6,9-11,15H2,1-3H3. The van der Waals surface area contributed by atoms with Crippen molar-refractivity contribution in [3.05, 3.63) is 47.3 Å². The third-order valence-electron chi connectivity index (χ3n) is 5.10. The Morgan fingerprint density at radius 3 is 2.54 bits per heavy atom. The number of fused-ring (bicyclic) bond motifs is 1. The lowest BCUT2D eigenvalue weighted by molar-refractivity contribution is 0.0728. The van der Waals surface area contributed by atoms with Gasteiger partial charge < -0.3 is 19.7 Å². The third kappa shape index (κ3) is 4.55. The van der Waals surface area contributed by atoms with Crippen molar-refractivity contribution in [2.24, 2.45) is 0 Å². The minimum Gasteiger partial charge on any atom is -0.493 e. The van der Waals surface area contributed by atoms with Gasteiger partial charge >= 0.3 is 0 Å². The highest BCUT2D eigenvalue weighted by Gasteiger charge is 2.24. The number of anilines is 1. The molecule has 0 radical (unpaired) electrons. The van der Waals surface area contributed by atoms with Gasteiger partial charge in [0.1, 0.15) is 5.69 Å². The highest BCUT2D eigenvalue weighted by Crippen LogP contribution is 2.33. The summed E-state index contributed by atoms with van der Waals surface area (Å²) in [5, 5.41) is 3.35. The van der Waals surface area contributed by atoms with Crippen molar-refractivity contribution in [2.45, 2.75) is 39.2 Å². The summed E-state index contributed by atoms with van der Waals surface area (Å²) in [6, 6.07) is 7.70. The van der Waals surface area contributed by atoms with Crippen LogP contribution in [0.25, 0.3) is 0 Å². The van der Waals surface area contributed by atoms with E-state index in [0.29, 0.717) is 24.5 Å². The lowest BCUT2D eigenvalue weighted by atomic mass is 9.98. The van der Waals surface area contributed by atoms with Crippen LogP contribution in [0.15, 0.2) is 30.5 Å². The minimum absolute atomic E-state index is 0.0435. The molecule has 1 amide bonds. The second kappa shape index (κ2) is 9.44. The van der Waals surface area contributed by atoms with Crippen molar-refractivity contribution in [1.82, 2.24) is 9.88 Å². The quantitative estimate of drug-likeness (QED) is 0.701. The molecule has 1 N–H and O–H groups in total. The smallest absolute Gasteiger partial charge is 0.272 e. The van der Waals surface area contributed by atoms with Crippen molar-refractivity contribution in [3.63, 3.8) is 0 Å². The summed E-state index contributed by atoms with van der Waals surface area (Å²) in [7, 11) is 3.26. The van der Waals surface area contributed by atoms with E-state index in [9.17, 15) is 4.79 Å². The average molecular weight is 383 g/mol. The number of amides is 1. The van der Waals surface area contributed by atoms with E-state index in [4.69, 9.17) is 9.47 Å². The third-order valence-corrected chi connectivity index (χ3v) is 5.10. The molecule has 0 spiro atoms. The number of carbonyl (C=O) groups excluding carboxylic acids is 1. The number of unbranched alkanes of at least 4 members (excludes halogenated alkanes) is 2. The number of nitrogens with one attached hydrogen (secondary N) is 1. The molecule has 1 aliphatic rings. The lowest BCUT2D eigenvalue weighted by Gasteiger charge is -2.29. The summed E-state index contributed by atoms with van der Waals surface area (Å²) in [5.74, 6) is 1.37. The Bertz CT molecular complexity index is 805. The van der Waals surface area contributed by atoms with E-state index in [2.05, 4.69) is 17.2 Å². The zero-order chi connectivity index (χ0) is 19.9. The van der Waals surface area contributed by atoms with Crippen molar-refractivity contribution in [3.8, 4) is 11.5 Å².